The number of carbonyl (C=O) groups excluding carboxylic acids is 2. The summed E-state index contributed by atoms with van der Waals surface area (Å²) in [7, 11) is 0. The summed E-state index contributed by atoms with van der Waals surface area (Å²) in [5.74, 6) is 2.52. The zero-order valence-corrected chi connectivity index (χ0v) is 17.8. The van der Waals surface area contributed by atoms with Crippen molar-refractivity contribution in [3.8, 4) is 0 Å². The first kappa shape index (κ1) is 21.8. The number of halogens is 1. The van der Waals surface area contributed by atoms with E-state index in [0.717, 1.165) is 12.8 Å². The van der Waals surface area contributed by atoms with Crippen molar-refractivity contribution >= 4 is 36.0 Å². The number of rotatable bonds is 3. The molecule has 3 fully saturated rings. The van der Waals surface area contributed by atoms with Gasteiger partial charge in [-0.1, -0.05) is 27.2 Å². The Morgan fingerprint density at radius 2 is 1.81 bits per heavy atom. The third kappa shape index (κ3) is 5.08. The molecule has 1 heterocycles. The molecule has 1 saturated heterocycles. The highest BCUT2D eigenvalue weighted by Gasteiger charge is 2.42. The van der Waals surface area contributed by atoms with Crippen molar-refractivity contribution in [3.63, 3.8) is 0 Å². The molecule has 3 aliphatic rings. The molecule has 0 radical (unpaired) electrons. The Labute approximate surface area is 168 Å². The van der Waals surface area contributed by atoms with Crippen LogP contribution >= 0.6 is 24.2 Å². The lowest BCUT2D eigenvalue weighted by atomic mass is 9.67. The summed E-state index contributed by atoms with van der Waals surface area (Å²) in [6.07, 6.45) is 6.12. The average molecular weight is 404 g/mol. The van der Waals surface area contributed by atoms with E-state index in [1.165, 1.54) is 19.3 Å². The number of carbonyl (C=O) groups is 2. The second-order valence-corrected chi connectivity index (χ2v) is 10.3. The number of hydrogen-bond acceptors (Lipinski definition) is 4. The first-order valence-electron chi connectivity index (χ1n) is 9.68. The van der Waals surface area contributed by atoms with Crippen LogP contribution in [0.3, 0.4) is 0 Å². The topological polar surface area (TPSA) is 75.4 Å². The quantitative estimate of drug-likeness (QED) is 0.759. The van der Waals surface area contributed by atoms with Gasteiger partial charge in [0.2, 0.25) is 11.8 Å². The Bertz CT molecular complexity index is 511. The first-order valence-corrected chi connectivity index (χ1v) is 10.8. The molecule has 1 aliphatic heterocycles. The number of nitrogens with one attached hydrogen (secondary N) is 1. The molecule has 0 aromatic rings. The smallest absolute Gasteiger partial charge is 0.243 e. The van der Waals surface area contributed by atoms with Gasteiger partial charge in [0.15, 0.2) is 0 Å². The van der Waals surface area contributed by atoms with Crippen molar-refractivity contribution in [1.82, 2.24) is 10.2 Å². The van der Waals surface area contributed by atoms with E-state index in [0.29, 0.717) is 29.9 Å². The lowest BCUT2D eigenvalue weighted by Crippen LogP contribution is -2.57. The second-order valence-electron chi connectivity index (χ2n) is 9.33. The molecule has 26 heavy (non-hydrogen) atoms. The van der Waals surface area contributed by atoms with Gasteiger partial charge in [-0.2, -0.15) is 0 Å². The van der Waals surface area contributed by atoms with E-state index in [-0.39, 0.29) is 47.8 Å². The van der Waals surface area contributed by atoms with Gasteiger partial charge in [0.25, 0.3) is 0 Å². The standard InChI is InChI=1S/C19H33N3O2S.ClH/c1-19(2,3)9-16(23)22-11-25-10-15(22)18(24)21-17-12-5-4-6-13(17)8-14(20)7-12;/h12-15,17H,4-11,20H2,1-3H3,(H,21,24);1H. The van der Waals surface area contributed by atoms with Crippen LogP contribution in [0.1, 0.15) is 59.3 Å². The van der Waals surface area contributed by atoms with Crippen LogP contribution < -0.4 is 11.1 Å². The molecular weight excluding hydrogens is 370 g/mol. The highest BCUT2D eigenvalue weighted by molar-refractivity contribution is 7.99. The molecule has 2 bridgehead atoms. The maximum absolute atomic E-state index is 13.0. The average Bonchev–Trinajstić information content (AvgIpc) is 2.96. The summed E-state index contributed by atoms with van der Waals surface area (Å²) in [5.41, 5.74) is 6.14. The maximum atomic E-state index is 13.0. The van der Waals surface area contributed by atoms with Gasteiger partial charge in [0.1, 0.15) is 6.04 Å². The van der Waals surface area contributed by atoms with Crippen LogP contribution in [0.5, 0.6) is 0 Å². The summed E-state index contributed by atoms with van der Waals surface area (Å²) in [4.78, 5) is 27.4. The Hall–Kier alpha value is -0.460. The highest BCUT2D eigenvalue weighted by atomic mass is 35.5. The number of nitrogens with zero attached hydrogens (tertiary/aromatic N) is 1. The van der Waals surface area contributed by atoms with Crippen LogP contribution in [0.25, 0.3) is 0 Å². The van der Waals surface area contributed by atoms with Crippen LogP contribution in [0.15, 0.2) is 0 Å². The van der Waals surface area contributed by atoms with Gasteiger partial charge in [-0.15, -0.1) is 24.2 Å². The Morgan fingerprint density at radius 3 is 2.38 bits per heavy atom. The highest BCUT2D eigenvalue weighted by Crippen LogP contribution is 2.40. The number of amides is 2. The number of thioether (sulfide) groups is 1. The normalized spacial score (nSPS) is 34.2. The van der Waals surface area contributed by atoms with Crippen LogP contribution in [0, 0.1) is 17.3 Å². The van der Waals surface area contributed by atoms with Crippen molar-refractivity contribution in [2.75, 3.05) is 11.6 Å². The summed E-state index contributed by atoms with van der Waals surface area (Å²) in [6, 6.07) is 0.234. The van der Waals surface area contributed by atoms with Crippen molar-refractivity contribution < 1.29 is 9.59 Å². The van der Waals surface area contributed by atoms with Gasteiger partial charge in [-0.05, 0) is 42.9 Å². The fourth-order valence-electron chi connectivity index (χ4n) is 4.75. The van der Waals surface area contributed by atoms with E-state index in [2.05, 4.69) is 26.1 Å². The molecule has 3 N–H and O–H groups in total. The Kier molecular flexibility index (Phi) is 7.30. The fourth-order valence-corrected chi connectivity index (χ4v) is 5.93. The molecule has 0 spiro atoms. The van der Waals surface area contributed by atoms with Crippen molar-refractivity contribution in [1.29, 1.82) is 0 Å². The van der Waals surface area contributed by atoms with E-state index < -0.39 is 0 Å². The van der Waals surface area contributed by atoms with E-state index in [9.17, 15) is 9.59 Å². The zero-order chi connectivity index (χ0) is 18.2. The fraction of sp³-hybridized carbons (Fsp3) is 0.895. The number of fused-ring (bicyclic) bond motifs is 2. The third-order valence-corrected chi connectivity index (χ3v) is 6.88. The molecule has 0 aromatic carbocycles. The van der Waals surface area contributed by atoms with Gasteiger partial charge in [-0.3, -0.25) is 9.59 Å². The predicted octanol–water partition coefficient (Wildman–Crippen LogP) is 2.77. The summed E-state index contributed by atoms with van der Waals surface area (Å²) >= 11 is 1.68. The van der Waals surface area contributed by atoms with Gasteiger partial charge in [0.05, 0.1) is 5.88 Å². The van der Waals surface area contributed by atoms with Crippen molar-refractivity contribution in [3.05, 3.63) is 0 Å². The Balaban J connectivity index is 0.00000243. The SMILES string of the molecule is CC(C)(C)CC(=O)N1CSCC1C(=O)NC1C2CCCC1CC(N)C2.Cl. The third-order valence-electron chi connectivity index (χ3n) is 5.87. The lowest BCUT2D eigenvalue weighted by Gasteiger charge is -2.45. The van der Waals surface area contributed by atoms with Gasteiger partial charge in [-0.25, -0.2) is 0 Å². The minimum absolute atomic E-state index is 0. The van der Waals surface area contributed by atoms with Gasteiger partial charge < -0.3 is 16.0 Å². The van der Waals surface area contributed by atoms with Crippen LogP contribution in [0.2, 0.25) is 0 Å². The van der Waals surface area contributed by atoms with Gasteiger partial charge >= 0.3 is 0 Å². The molecule has 5 nitrogen and oxygen atoms in total. The van der Waals surface area contributed by atoms with E-state index in [1.807, 2.05) is 0 Å². The van der Waals surface area contributed by atoms with Crippen molar-refractivity contribution in [2.24, 2.45) is 23.0 Å². The van der Waals surface area contributed by atoms with Gasteiger partial charge in [0, 0.05) is 24.3 Å². The molecule has 150 valence electrons. The Morgan fingerprint density at radius 1 is 1.19 bits per heavy atom. The molecular formula is C19H34ClN3O2S. The van der Waals surface area contributed by atoms with E-state index in [4.69, 9.17) is 5.73 Å². The molecule has 7 heteroatoms. The minimum Gasteiger partial charge on any atom is -0.351 e. The minimum atomic E-state index is -0.309. The van der Waals surface area contributed by atoms with E-state index >= 15 is 0 Å². The molecule has 0 aromatic heterocycles. The predicted molar refractivity (Wildman–Crippen MR) is 109 cm³/mol. The largest absolute Gasteiger partial charge is 0.351 e. The monoisotopic (exact) mass is 403 g/mol. The molecule has 2 amide bonds. The van der Waals surface area contributed by atoms with Crippen LogP contribution in [-0.4, -0.2) is 46.5 Å². The summed E-state index contributed by atoms with van der Waals surface area (Å²) in [6.45, 7) is 6.20. The summed E-state index contributed by atoms with van der Waals surface area (Å²) in [5, 5.41) is 3.33. The summed E-state index contributed by atoms with van der Waals surface area (Å²) < 4.78 is 0. The maximum Gasteiger partial charge on any atom is 0.243 e. The number of hydrogen-bond donors (Lipinski definition) is 2. The number of nitrogens with two attached hydrogens (primary N) is 1. The van der Waals surface area contributed by atoms with Crippen LogP contribution in [-0.2, 0) is 9.59 Å². The molecule has 2 aliphatic carbocycles. The molecule has 3 unspecified atom stereocenters. The molecule has 2 saturated carbocycles. The van der Waals surface area contributed by atoms with E-state index in [1.54, 1.807) is 16.7 Å². The molecule has 3 atom stereocenters. The van der Waals surface area contributed by atoms with Crippen LogP contribution in [0.4, 0.5) is 0 Å². The lowest BCUT2D eigenvalue weighted by molar-refractivity contribution is -0.140. The molecule has 3 rings (SSSR count). The second kappa shape index (κ2) is 8.70. The first-order chi connectivity index (χ1) is 11.7. The zero-order valence-electron chi connectivity index (χ0n) is 16.2. The van der Waals surface area contributed by atoms with Crippen molar-refractivity contribution in [2.45, 2.75) is 77.4 Å².